The molecule has 37 heavy (non-hydrogen) atoms. The molecule has 0 bridgehead atoms. The highest BCUT2D eigenvalue weighted by Crippen LogP contribution is 2.44. The van der Waals surface area contributed by atoms with Gasteiger partial charge < -0.3 is 9.15 Å². The van der Waals surface area contributed by atoms with Crippen LogP contribution in [0.25, 0.3) is 22.6 Å². The van der Waals surface area contributed by atoms with Gasteiger partial charge in [0, 0.05) is 28.8 Å². The summed E-state index contributed by atoms with van der Waals surface area (Å²) in [5.41, 5.74) is 2.73. The van der Waals surface area contributed by atoms with Crippen molar-refractivity contribution in [2.45, 2.75) is 50.9 Å². The van der Waals surface area contributed by atoms with Gasteiger partial charge in [-0.2, -0.15) is 4.98 Å². The summed E-state index contributed by atoms with van der Waals surface area (Å²) in [6.07, 6.45) is 3.79. The third-order valence-electron chi connectivity index (χ3n) is 6.08. The smallest absolute Gasteiger partial charge is 0.247 e. The van der Waals surface area contributed by atoms with E-state index in [9.17, 15) is 4.79 Å². The molecule has 9 heteroatoms. The molecule has 1 atom stereocenters. The number of anilines is 1. The summed E-state index contributed by atoms with van der Waals surface area (Å²) in [4.78, 5) is 19.3. The topological polar surface area (TPSA) is 81.3 Å². The second kappa shape index (κ2) is 11.4. The number of carbonyl (C=O) groups excluding carboxylic acids is 1. The van der Waals surface area contributed by atoms with Crippen LogP contribution in [0.1, 0.15) is 51.5 Å². The van der Waals surface area contributed by atoms with Crippen LogP contribution in [0.15, 0.2) is 70.2 Å². The fourth-order valence-electron chi connectivity index (χ4n) is 4.25. The first-order valence-electron chi connectivity index (χ1n) is 12.3. The minimum absolute atomic E-state index is 0.201. The van der Waals surface area contributed by atoms with Crippen LogP contribution in [-0.4, -0.2) is 26.8 Å². The van der Waals surface area contributed by atoms with Gasteiger partial charge in [0.25, 0.3) is 0 Å². The number of thioether (sulfide) groups is 1. The minimum Gasteiger partial charge on any atom is -0.455 e. The predicted molar refractivity (Wildman–Crippen MR) is 146 cm³/mol. The quantitative estimate of drug-likeness (QED) is 0.170. The molecule has 4 aromatic rings. The van der Waals surface area contributed by atoms with Gasteiger partial charge in [0.05, 0.1) is 5.69 Å². The summed E-state index contributed by atoms with van der Waals surface area (Å²) < 4.78 is 12.6. The van der Waals surface area contributed by atoms with Crippen molar-refractivity contribution < 1.29 is 13.9 Å². The molecule has 0 fully saturated rings. The van der Waals surface area contributed by atoms with Gasteiger partial charge in [-0.25, -0.2) is 0 Å². The lowest BCUT2D eigenvalue weighted by atomic mass is 10.1. The molecular formula is C28H27ClN4O3S. The first-order chi connectivity index (χ1) is 18.0. The summed E-state index contributed by atoms with van der Waals surface area (Å²) in [6, 6.07) is 18.6. The predicted octanol–water partition coefficient (Wildman–Crippen LogP) is 7.57. The number of halogens is 1. The van der Waals surface area contributed by atoms with E-state index in [1.54, 1.807) is 28.8 Å². The maximum absolute atomic E-state index is 13.0. The molecule has 1 aliphatic rings. The average Bonchev–Trinajstić information content (AvgIpc) is 3.34. The lowest BCUT2D eigenvalue weighted by Crippen LogP contribution is -2.35. The lowest BCUT2D eigenvalue weighted by Gasteiger charge is -2.28. The van der Waals surface area contributed by atoms with E-state index in [0.717, 1.165) is 23.3 Å². The summed E-state index contributed by atoms with van der Waals surface area (Å²) in [5, 5.41) is 10.0. The molecule has 0 unspecified atom stereocenters. The van der Waals surface area contributed by atoms with E-state index in [2.05, 4.69) is 17.1 Å². The van der Waals surface area contributed by atoms with Crippen LogP contribution in [0.2, 0.25) is 5.02 Å². The number of carbonyl (C=O) groups is 1. The lowest BCUT2D eigenvalue weighted by molar-refractivity contribution is -0.118. The summed E-state index contributed by atoms with van der Waals surface area (Å²) >= 11 is 7.61. The van der Waals surface area contributed by atoms with Crippen molar-refractivity contribution in [1.82, 2.24) is 15.2 Å². The zero-order valence-electron chi connectivity index (χ0n) is 20.7. The Morgan fingerprint density at radius 2 is 1.84 bits per heavy atom. The molecule has 0 spiro atoms. The number of aromatic nitrogens is 3. The molecule has 0 aliphatic carbocycles. The van der Waals surface area contributed by atoms with Crippen LogP contribution >= 0.6 is 23.4 Å². The van der Waals surface area contributed by atoms with E-state index in [4.69, 9.17) is 25.7 Å². The van der Waals surface area contributed by atoms with Crippen molar-refractivity contribution >= 4 is 35.0 Å². The highest BCUT2D eigenvalue weighted by Gasteiger charge is 2.36. The van der Waals surface area contributed by atoms with Crippen molar-refractivity contribution in [3.05, 3.63) is 71.4 Å². The van der Waals surface area contributed by atoms with E-state index in [1.807, 2.05) is 48.5 Å². The second-order valence-corrected chi connectivity index (χ2v) is 10.2. The third kappa shape index (κ3) is 5.50. The molecule has 2 aromatic carbocycles. The van der Waals surface area contributed by atoms with Crippen LogP contribution in [-0.2, 0) is 4.79 Å². The van der Waals surface area contributed by atoms with E-state index in [0.29, 0.717) is 39.0 Å². The molecule has 0 N–H and O–H groups in total. The first-order valence-corrected chi connectivity index (χ1v) is 13.7. The van der Waals surface area contributed by atoms with Gasteiger partial charge in [-0.3, -0.25) is 9.69 Å². The Hall–Kier alpha value is -3.36. The summed E-state index contributed by atoms with van der Waals surface area (Å²) in [5.74, 6) is 2.13. The van der Waals surface area contributed by atoms with Gasteiger partial charge >= 0.3 is 0 Å². The van der Waals surface area contributed by atoms with Crippen molar-refractivity contribution in [2.24, 2.45) is 0 Å². The monoisotopic (exact) mass is 534 g/mol. The Morgan fingerprint density at radius 1 is 1.03 bits per heavy atom. The zero-order chi connectivity index (χ0) is 25.8. The van der Waals surface area contributed by atoms with Crippen molar-refractivity contribution in [1.29, 1.82) is 0 Å². The summed E-state index contributed by atoms with van der Waals surface area (Å²) in [7, 11) is 0. The van der Waals surface area contributed by atoms with Gasteiger partial charge in [-0.1, -0.05) is 67.7 Å². The Kier molecular flexibility index (Phi) is 7.76. The molecule has 0 radical (unpaired) electrons. The Balaban J connectivity index is 1.52. The number of ether oxygens (including phenoxy) is 1. The van der Waals surface area contributed by atoms with Crippen molar-refractivity contribution in [3.8, 4) is 28.5 Å². The molecule has 7 nitrogen and oxygen atoms in total. The Morgan fingerprint density at radius 3 is 2.62 bits per heavy atom. The minimum atomic E-state index is -0.875. The number of fused-ring (bicyclic) bond motifs is 3. The first kappa shape index (κ1) is 25.3. The number of para-hydroxylation sites is 1. The maximum atomic E-state index is 13.0. The standard InChI is InChI=1S/C28H27ClN4O3S/c1-3-4-5-8-17-37-28-30-26-25(31-32-28)21-9-6-7-10-22(21)33(18(2)34)27(36-26)24-16-15-23(35-24)19-11-13-20(29)14-12-19/h6-7,9-16,27H,3-5,8,17H2,1-2H3/t27-/m1/s1. The number of unbranched alkanes of at least 4 members (excludes halogenated alkanes) is 3. The van der Waals surface area contributed by atoms with Crippen LogP contribution in [0.3, 0.4) is 0 Å². The number of amides is 1. The van der Waals surface area contributed by atoms with Crippen LogP contribution in [0, 0.1) is 0 Å². The molecule has 2 aromatic heterocycles. The number of hydrogen-bond acceptors (Lipinski definition) is 7. The highest BCUT2D eigenvalue weighted by atomic mass is 35.5. The van der Waals surface area contributed by atoms with Crippen LogP contribution < -0.4 is 9.64 Å². The van der Waals surface area contributed by atoms with Gasteiger partial charge in [-0.05, 0) is 48.9 Å². The number of hydrogen-bond donors (Lipinski definition) is 0. The fourth-order valence-corrected chi connectivity index (χ4v) is 5.15. The molecular weight excluding hydrogens is 508 g/mol. The molecule has 190 valence electrons. The van der Waals surface area contributed by atoms with E-state index >= 15 is 0 Å². The maximum Gasteiger partial charge on any atom is 0.247 e. The molecule has 1 amide bonds. The third-order valence-corrected chi connectivity index (χ3v) is 7.25. The molecule has 0 saturated heterocycles. The molecule has 0 saturated carbocycles. The van der Waals surface area contributed by atoms with Crippen LogP contribution in [0.4, 0.5) is 5.69 Å². The Labute approximate surface area is 225 Å². The highest BCUT2D eigenvalue weighted by molar-refractivity contribution is 7.99. The van der Waals surface area contributed by atoms with Gasteiger partial charge in [0.15, 0.2) is 11.5 Å². The molecule has 5 rings (SSSR count). The SMILES string of the molecule is CCCCCCSc1nnc2c(n1)O[C@H](c1ccc(-c3ccc(Cl)cc3)o1)N(C(C)=O)c1ccccc1-2. The van der Waals surface area contributed by atoms with Gasteiger partial charge in [0.2, 0.25) is 23.2 Å². The van der Waals surface area contributed by atoms with E-state index in [1.165, 1.54) is 26.2 Å². The second-order valence-electron chi connectivity index (χ2n) is 8.74. The number of furan rings is 1. The van der Waals surface area contributed by atoms with Crippen LogP contribution in [0.5, 0.6) is 5.88 Å². The summed E-state index contributed by atoms with van der Waals surface area (Å²) in [6.45, 7) is 3.70. The number of nitrogens with zero attached hydrogens (tertiary/aromatic N) is 4. The molecule has 3 heterocycles. The largest absolute Gasteiger partial charge is 0.455 e. The van der Waals surface area contributed by atoms with Gasteiger partial charge in [-0.15, -0.1) is 10.2 Å². The molecule has 1 aliphatic heterocycles. The number of benzene rings is 2. The van der Waals surface area contributed by atoms with E-state index in [-0.39, 0.29) is 5.91 Å². The van der Waals surface area contributed by atoms with Crippen molar-refractivity contribution in [3.63, 3.8) is 0 Å². The van der Waals surface area contributed by atoms with Gasteiger partial charge in [0.1, 0.15) is 5.76 Å². The van der Waals surface area contributed by atoms with Crippen molar-refractivity contribution in [2.75, 3.05) is 10.7 Å². The average molecular weight is 535 g/mol. The fraction of sp³-hybridized carbons (Fsp3) is 0.286. The Bertz CT molecular complexity index is 1390. The zero-order valence-corrected chi connectivity index (χ0v) is 22.3. The van der Waals surface area contributed by atoms with E-state index < -0.39 is 6.23 Å². The number of rotatable bonds is 8. The normalized spacial score (nSPS) is 14.5.